The monoisotopic (exact) mass is 294 g/mol. The molecular weight excluding hydrogens is 272 g/mol. The predicted molar refractivity (Wildman–Crippen MR) is 79.7 cm³/mol. The molecule has 0 saturated carbocycles. The first-order valence-electron chi connectivity index (χ1n) is 6.97. The number of ether oxygens (including phenoxy) is 3. The largest absolute Gasteiger partial charge is 0.493 e. The minimum absolute atomic E-state index is 0.153. The molecule has 1 aromatic carbocycles. The smallest absolute Gasteiger partial charge is 0.234 e. The van der Waals surface area contributed by atoms with Gasteiger partial charge in [-0.05, 0) is 26.0 Å². The number of hydrogen-bond acceptors (Lipinski definition) is 5. The molecule has 2 unspecified atom stereocenters. The number of amides is 1. The van der Waals surface area contributed by atoms with Gasteiger partial charge in [0.25, 0.3) is 0 Å². The summed E-state index contributed by atoms with van der Waals surface area (Å²) in [5.74, 6) is 1.07. The molecule has 2 rings (SSSR count). The van der Waals surface area contributed by atoms with E-state index in [1.807, 2.05) is 13.8 Å². The van der Waals surface area contributed by atoms with E-state index in [1.54, 1.807) is 25.3 Å². The van der Waals surface area contributed by atoms with E-state index in [2.05, 4.69) is 5.32 Å². The number of hydrogen-bond donors (Lipinski definition) is 2. The predicted octanol–water partition coefficient (Wildman–Crippen LogP) is 1.40. The number of benzene rings is 1. The van der Waals surface area contributed by atoms with Crippen LogP contribution in [0.25, 0.3) is 0 Å². The van der Waals surface area contributed by atoms with E-state index in [0.29, 0.717) is 37.0 Å². The molecule has 1 fully saturated rings. The van der Waals surface area contributed by atoms with Gasteiger partial charge in [-0.3, -0.25) is 4.79 Å². The van der Waals surface area contributed by atoms with Crippen LogP contribution in [0.15, 0.2) is 18.2 Å². The van der Waals surface area contributed by atoms with E-state index in [9.17, 15) is 4.79 Å². The van der Waals surface area contributed by atoms with Gasteiger partial charge in [0.15, 0.2) is 11.5 Å². The van der Waals surface area contributed by atoms with Crippen LogP contribution in [0.5, 0.6) is 11.5 Å². The average molecular weight is 294 g/mol. The quantitative estimate of drug-likeness (QED) is 0.857. The Bertz CT molecular complexity index is 520. The van der Waals surface area contributed by atoms with E-state index < -0.39 is 5.41 Å². The van der Waals surface area contributed by atoms with E-state index in [0.717, 1.165) is 0 Å². The van der Waals surface area contributed by atoms with Gasteiger partial charge in [0.1, 0.15) is 0 Å². The van der Waals surface area contributed by atoms with E-state index in [1.165, 1.54) is 0 Å². The van der Waals surface area contributed by atoms with E-state index in [4.69, 9.17) is 19.9 Å². The lowest BCUT2D eigenvalue weighted by Crippen LogP contribution is -2.47. The Balaban J connectivity index is 2.16. The van der Waals surface area contributed by atoms with Gasteiger partial charge in [-0.25, -0.2) is 0 Å². The van der Waals surface area contributed by atoms with Crippen LogP contribution in [0.1, 0.15) is 13.8 Å². The number of nitrogens with one attached hydrogen (secondary N) is 1. The molecular formula is C15H22N2O4. The maximum atomic E-state index is 12.4. The highest BCUT2D eigenvalue weighted by atomic mass is 16.5. The summed E-state index contributed by atoms with van der Waals surface area (Å²) in [4.78, 5) is 12.4. The molecule has 1 aromatic rings. The Kier molecular flexibility index (Phi) is 4.69. The third-order valence-electron chi connectivity index (χ3n) is 3.76. The van der Waals surface area contributed by atoms with Crippen LogP contribution in [0, 0.1) is 5.41 Å². The molecule has 6 nitrogen and oxygen atoms in total. The van der Waals surface area contributed by atoms with Crippen molar-refractivity contribution in [2.75, 3.05) is 32.2 Å². The fourth-order valence-corrected chi connectivity index (χ4v) is 2.22. The van der Waals surface area contributed by atoms with Gasteiger partial charge in [0.2, 0.25) is 5.91 Å². The van der Waals surface area contributed by atoms with Crippen LogP contribution in [-0.2, 0) is 9.53 Å². The summed E-state index contributed by atoms with van der Waals surface area (Å²) in [7, 11) is 1.58. The van der Waals surface area contributed by atoms with Gasteiger partial charge in [-0.15, -0.1) is 0 Å². The van der Waals surface area contributed by atoms with Crippen molar-refractivity contribution in [3.05, 3.63) is 18.2 Å². The lowest BCUT2D eigenvalue weighted by molar-refractivity contribution is -0.125. The maximum absolute atomic E-state index is 12.4. The molecule has 1 aliphatic rings. The number of carbonyl (C=O) groups excluding carboxylic acids is 1. The summed E-state index contributed by atoms with van der Waals surface area (Å²) in [5.41, 5.74) is 5.89. The Morgan fingerprint density at radius 2 is 2.29 bits per heavy atom. The minimum atomic E-state index is -0.717. The molecule has 0 spiro atoms. The lowest BCUT2D eigenvalue weighted by Gasteiger charge is -2.25. The van der Waals surface area contributed by atoms with Crippen molar-refractivity contribution in [1.82, 2.24) is 0 Å². The van der Waals surface area contributed by atoms with Gasteiger partial charge in [-0.2, -0.15) is 0 Å². The minimum Gasteiger partial charge on any atom is -0.493 e. The summed E-state index contributed by atoms with van der Waals surface area (Å²) in [6.45, 7) is 4.95. The lowest BCUT2D eigenvalue weighted by atomic mass is 9.85. The van der Waals surface area contributed by atoms with E-state index in [-0.39, 0.29) is 11.9 Å². The SMILES string of the molecule is CCOc1cc(NC(=O)C2(C)COCC2N)ccc1OC. The van der Waals surface area contributed by atoms with E-state index >= 15 is 0 Å². The second-order valence-electron chi connectivity index (χ2n) is 5.29. The molecule has 1 aliphatic heterocycles. The Morgan fingerprint density at radius 1 is 1.52 bits per heavy atom. The topological polar surface area (TPSA) is 82.8 Å². The highest BCUT2D eigenvalue weighted by Gasteiger charge is 2.44. The Labute approximate surface area is 124 Å². The second-order valence-corrected chi connectivity index (χ2v) is 5.29. The number of rotatable bonds is 5. The zero-order valence-electron chi connectivity index (χ0n) is 12.6. The first-order valence-corrected chi connectivity index (χ1v) is 6.97. The molecule has 3 N–H and O–H groups in total. The fraction of sp³-hybridized carbons (Fsp3) is 0.533. The highest BCUT2D eigenvalue weighted by Crippen LogP contribution is 2.32. The average Bonchev–Trinajstić information content (AvgIpc) is 2.81. The van der Waals surface area contributed by atoms with Crippen molar-refractivity contribution < 1.29 is 19.0 Å². The molecule has 21 heavy (non-hydrogen) atoms. The molecule has 1 heterocycles. The standard InChI is InChI=1S/C15H22N2O4/c1-4-21-12-7-10(5-6-11(12)19-3)17-14(18)15(2)9-20-8-13(15)16/h5-7,13H,4,8-9,16H2,1-3H3,(H,17,18). The van der Waals surface area contributed by atoms with Crippen LogP contribution < -0.4 is 20.5 Å². The molecule has 0 radical (unpaired) electrons. The Morgan fingerprint density at radius 3 is 2.86 bits per heavy atom. The molecule has 6 heteroatoms. The fourth-order valence-electron chi connectivity index (χ4n) is 2.22. The molecule has 2 atom stereocenters. The molecule has 0 aromatic heterocycles. The van der Waals surface area contributed by atoms with Crippen LogP contribution in [-0.4, -0.2) is 38.9 Å². The van der Waals surface area contributed by atoms with Crippen LogP contribution in [0.2, 0.25) is 0 Å². The molecule has 1 amide bonds. The number of methoxy groups -OCH3 is 1. The van der Waals surface area contributed by atoms with Gasteiger partial charge in [-0.1, -0.05) is 0 Å². The summed E-state index contributed by atoms with van der Waals surface area (Å²) >= 11 is 0. The van der Waals surface area contributed by atoms with Gasteiger partial charge >= 0.3 is 0 Å². The zero-order chi connectivity index (χ0) is 15.5. The third-order valence-corrected chi connectivity index (χ3v) is 3.76. The second kappa shape index (κ2) is 6.32. The summed E-state index contributed by atoms with van der Waals surface area (Å²) < 4.78 is 16.0. The maximum Gasteiger partial charge on any atom is 0.234 e. The highest BCUT2D eigenvalue weighted by molar-refractivity contribution is 5.96. The van der Waals surface area contributed by atoms with Crippen molar-refractivity contribution in [3.63, 3.8) is 0 Å². The number of carbonyl (C=O) groups is 1. The summed E-state index contributed by atoms with van der Waals surface area (Å²) in [5, 5.41) is 2.87. The Hall–Kier alpha value is -1.79. The summed E-state index contributed by atoms with van der Waals surface area (Å²) in [6.07, 6.45) is 0. The zero-order valence-corrected chi connectivity index (χ0v) is 12.6. The summed E-state index contributed by atoms with van der Waals surface area (Å²) in [6, 6.07) is 4.96. The van der Waals surface area contributed by atoms with Crippen molar-refractivity contribution in [2.24, 2.45) is 11.1 Å². The normalized spacial score (nSPS) is 24.7. The van der Waals surface area contributed by atoms with Gasteiger partial charge in [0, 0.05) is 17.8 Å². The molecule has 1 saturated heterocycles. The van der Waals surface area contributed by atoms with Crippen molar-refractivity contribution in [2.45, 2.75) is 19.9 Å². The van der Waals surface area contributed by atoms with Gasteiger partial charge in [0.05, 0.1) is 32.3 Å². The third kappa shape index (κ3) is 3.11. The van der Waals surface area contributed by atoms with Crippen molar-refractivity contribution in [1.29, 1.82) is 0 Å². The van der Waals surface area contributed by atoms with Gasteiger partial charge < -0.3 is 25.3 Å². The van der Waals surface area contributed by atoms with Crippen molar-refractivity contribution >= 4 is 11.6 Å². The number of anilines is 1. The van der Waals surface area contributed by atoms with Crippen LogP contribution in [0.3, 0.4) is 0 Å². The first-order chi connectivity index (χ1) is 10.0. The number of nitrogens with two attached hydrogens (primary N) is 1. The molecule has 0 bridgehead atoms. The molecule has 116 valence electrons. The molecule has 0 aliphatic carbocycles. The van der Waals surface area contributed by atoms with Crippen molar-refractivity contribution in [3.8, 4) is 11.5 Å². The van der Waals surface area contributed by atoms with Crippen LogP contribution in [0.4, 0.5) is 5.69 Å². The first kappa shape index (κ1) is 15.6. The van der Waals surface area contributed by atoms with Crippen LogP contribution >= 0.6 is 0 Å².